The van der Waals surface area contributed by atoms with Crippen molar-refractivity contribution >= 4 is 17.3 Å². The molecule has 4 heteroatoms. The second kappa shape index (κ2) is 4.65. The van der Waals surface area contributed by atoms with Gasteiger partial charge in [-0.2, -0.15) is 0 Å². The van der Waals surface area contributed by atoms with E-state index in [1.54, 1.807) is 6.07 Å². The lowest BCUT2D eigenvalue weighted by molar-refractivity contribution is 0.100. The summed E-state index contributed by atoms with van der Waals surface area (Å²) in [5, 5.41) is 0. The highest BCUT2D eigenvalue weighted by atomic mass is 16.1. The molecule has 92 valence electrons. The Bertz CT molecular complexity index is 431. The van der Waals surface area contributed by atoms with Gasteiger partial charge in [-0.1, -0.05) is 19.4 Å². The van der Waals surface area contributed by atoms with Gasteiger partial charge in [0.15, 0.2) is 0 Å². The predicted octanol–water partition coefficient (Wildman–Crippen LogP) is 1.60. The number of anilines is 2. The van der Waals surface area contributed by atoms with Crippen LogP contribution in [0.1, 0.15) is 30.1 Å². The molecule has 2 rings (SSSR count). The third-order valence-corrected chi connectivity index (χ3v) is 3.55. The molecule has 0 aliphatic carbocycles. The fourth-order valence-electron chi connectivity index (χ4n) is 2.43. The lowest BCUT2D eigenvalue weighted by Crippen LogP contribution is -2.22. The van der Waals surface area contributed by atoms with Crippen molar-refractivity contribution in [3.63, 3.8) is 0 Å². The zero-order valence-electron chi connectivity index (χ0n) is 10.1. The molecule has 0 radical (unpaired) electrons. The first-order valence-corrected chi connectivity index (χ1v) is 6.06. The number of hydrogen-bond donors (Lipinski definition) is 2. The number of carbonyl (C=O) groups is 1. The van der Waals surface area contributed by atoms with Gasteiger partial charge in [-0.15, -0.1) is 0 Å². The lowest BCUT2D eigenvalue weighted by atomic mass is 10.1. The van der Waals surface area contributed by atoms with Crippen molar-refractivity contribution in [2.24, 2.45) is 11.7 Å². The third kappa shape index (κ3) is 2.20. The minimum Gasteiger partial charge on any atom is -0.396 e. The van der Waals surface area contributed by atoms with Gasteiger partial charge in [0.2, 0.25) is 0 Å². The molecule has 1 fully saturated rings. The summed E-state index contributed by atoms with van der Waals surface area (Å²) < 4.78 is 0. The first-order chi connectivity index (χ1) is 8.13. The number of nitrogens with zero attached hydrogens (tertiary/aromatic N) is 1. The Labute approximate surface area is 102 Å². The molecule has 1 aliphatic rings. The lowest BCUT2D eigenvalue weighted by Gasteiger charge is -2.21. The van der Waals surface area contributed by atoms with E-state index in [1.165, 1.54) is 12.8 Å². The van der Waals surface area contributed by atoms with Gasteiger partial charge < -0.3 is 16.4 Å². The predicted molar refractivity (Wildman–Crippen MR) is 70.0 cm³/mol. The number of amides is 1. The monoisotopic (exact) mass is 233 g/mol. The summed E-state index contributed by atoms with van der Waals surface area (Å²) in [6.45, 7) is 4.23. The molecule has 1 atom stereocenters. The molecule has 1 saturated heterocycles. The number of nitrogens with two attached hydrogens (primary N) is 2. The highest BCUT2D eigenvalue weighted by Gasteiger charge is 2.23. The summed E-state index contributed by atoms with van der Waals surface area (Å²) in [6, 6.07) is 5.47. The highest BCUT2D eigenvalue weighted by Crippen LogP contribution is 2.31. The van der Waals surface area contributed by atoms with E-state index in [1.807, 2.05) is 12.1 Å². The summed E-state index contributed by atoms with van der Waals surface area (Å²) in [6.07, 6.45) is 2.38. The summed E-state index contributed by atoms with van der Waals surface area (Å²) in [7, 11) is 0. The quantitative estimate of drug-likeness (QED) is 0.779. The van der Waals surface area contributed by atoms with Gasteiger partial charge >= 0.3 is 0 Å². The average Bonchev–Trinajstić information content (AvgIpc) is 2.77. The maximum atomic E-state index is 11.2. The van der Waals surface area contributed by atoms with Gasteiger partial charge in [0.1, 0.15) is 0 Å². The van der Waals surface area contributed by atoms with Crippen LogP contribution in [-0.4, -0.2) is 19.0 Å². The molecule has 1 aromatic rings. The fraction of sp³-hybridized carbons (Fsp3) is 0.462. The smallest absolute Gasteiger partial charge is 0.250 e. The summed E-state index contributed by atoms with van der Waals surface area (Å²) in [4.78, 5) is 13.5. The van der Waals surface area contributed by atoms with Crippen molar-refractivity contribution in [3.05, 3.63) is 23.8 Å². The van der Waals surface area contributed by atoms with Crippen LogP contribution in [0.25, 0.3) is 0 Å². The molecule has 0 aromatic heterocycles. The molecule has 1 amide bonds. The van der Waals surface area contributed by atoms with Crippen LogP contribution in [0.3, 0.4) is 0 Å². The summed E-state index contributed by atoms with van der Waals surface area (Å²) in [5.41, 5.74) is 13.2. The Morgan fingerprint density at radius 1 is 1.53 bits per heavy atom. The van der Waals surface area contributed by atoms with Crippen LogP contribution in [0.2, 0.25) is 0 Å². The number of benzene rings is 1. The van der Waals surface area contributed by atoms with E-state index in [-0.39, 0.29) is 0 Å². The standard InChI is InChI=1S/C13H19N3O/c1-2-9-6-7-16(8-9)11-5-3-4-10(12(11)14)13(15)17/h3-5,9H,2,6-8,14H2,1H3,(H2,15,17). The van der Waals surface area contributed by atoms with Crippen LogP contribution >= 0.6 is 0 Å². The molecule has 4 nitrogen and oxygen atoms in total. The summed E-state index contributed by atoms with van der Waals surface area (Å²) in [5.74, 6) is 0.266. The van der Waals surface area contributed by atoms with Crippen molar-refractivity contribution in [3.8, 4) is 0 Å². The zero-order valence-corrected chi connectivity index (χ0v) is 10.1. The van der Waals surface area contributed by atoms with Gasteiger partial charge in [0.25, 0.3) is 5.91 Å². The molecule has 0 bridgehead atoms. The molecule has 0 saturated carbocycles. The first-order valence-electron chi connectivity index (χ1n) is 6.06. The van der Waals surface area contributed by atoms with Crippen LogP contribution in [0, 0.1) is 5.92 Å². The number of rotatable bonds is 3. The number of hydrogen-bond acceptors (Lipinski definition) is 3. The normalized spacial score (nSPS) is 19.6. The van der Waals surface area contributed by atoms with E-state index in [4.69, 9.17) is 11.5 Å². The Balaban J connectivity index is 2.28. The largest absolute Gasteiger partial charge is 0.396 e. The Morgan fingerprint density at radius 3 is 2.88 bits per heavy atom. The minimum atomic E-state index is -0.462. The Morgan fingerprint density at radius 2 is 2.29 bits per heavy atom. The van der Waals surface area contributed by atoms with Crippen LogP contribution < -0.4 is 16.4 Å². The number of primary amides is 1. The van der Waals surface area contributed by atoms with Gasteiger partial charge in [-0.3, -0.25) is 4.79 Å². The molecule has 4 N–H and O–H groups in total. The second-order valence-corrected chi connectivity index (χ2v) is 4.61. The first kappa shape index (κ1) is 11.8. The topological polar surface area (TPSA) is 72.3 Å². The molecule has 17 heavy (non-hydrogen) atoms. The summed E-state index contributed by atoms with van der Waals surface area (Å²) >= 11 is 0. The van der Waals surface area contributed by atoms with E-state index in [0.717, 1.165) is 24.7 Å². The van der Waals surface area contributed by atoms with Crippen LogP contribution in [-0.2, 0) is 0 Å². The van der Waals surface area contributed by atoms with Gasteiger partial charge in [0, 0.05) is 13.1 Å². The fourth-order valence-corrected chi connectivity index (χ4v) is 2.43. The van der Waals surface area contributed by atoms with Crippen molar-refractivity contribution in [1.29, 1.82) is 0 Å². The third-order valence-electron chi connectivity index (χ3n) is 3.55. The number of carbonyl (C=O) groups excluding carboxylic acids is 1. The Hall–Kier alpha value is -1.71. The molecule has 1 aromatic carbocycles. The minimum absolute atomic E-state index is 0.419. The highest BCUT2D eigenvalue weighted by molar-refractivity contribution is 6.00. The van der Waals surface area contributed by atoms with Crippen molar-refractivity contribution in [2.45, 2.75) is 19.8 Å². The van der Waals surface area contributed by atoms with E-state index >= 15 is 0 Å². The van der Waals surface area contributed by atoms with Crippen molar-refractivity contribution in [1.82, 2.24) is 0 Å². The van der Waals surface area contributed by atoms with Crippen LogP contribution in [0.15, 0.2) is 18.2 Å². The van der Waals surface area contributed by atoms with Crippen LogP contribution in [0.5, 0.6) is 0 Å². The molecular weight excluding hydrogens is 214 g/mol. The maximum absolute atomic E-state index is 11.2. The van der Waals surface area contributed by atoms with E-state index in [9.17, 15) is 4.79 Å². The van der Waals surface area contributed by atoms with Crippen molar-refractivity contribution < 1.29 is 4.79 Å². The second-order valence-electron chi connectivity index (χ2n) is 4.61. The number of para-hydroxylation sites is 1. The van der Waals surface area contributed by atoms with Crippen LogP contribution in [0.4, 0.5) is 11.4 Å². The molecule has 1 unspecified atom stereocenters. The van der Waals surface area contributed by atoms with E-state index < -0.39 is 5.91 Å². The molecule has 0 spiro atoms. The SMILES string of the molecule is CCC1CCN(c2cccc(C(N)=O)c2N)C1. The molecule has 1 aliphatic heterocycles. The van der Waals surface area contributed by atoms with Gasteiger partial charge in [0.05, 0.1) is 16.9 Å². The number of nitrogen functional groups attached to an aromatic ring is 1. The van der Waals surface area contributed by atoms with Gasteiger partial charge in [-0.25, -0.2) is 0 Å². The zero-order chi connectivity index (χ0) is 12.4. The van der Waals surface area contributed by atoms with Gasteiger partial charge in [-0.05, 0) is 24.5 Å². The van der Waals surface area contributed by atoms with Crippen molar-refractivity contribution in [2.75, 3.05) is 23.7 Å². The van der Waals surface area contributed by atoms with E-state index in [2.05, 4.69) is 11.8 Å². The Kier molecular flexibility index (Phi) is 3.22. The maximum Gasteiger partial charge on any atom is 0.250 e. The average molecular weight is 233 g/mol. The molecular formula is C13H19N3O. The van der Waals surface area contributed by atoms with E-state index in [0.29, 0.717) is 11.3 Å². The molecule has 1 heterocycles.